The van der Waals surface area contributed by atoms with Crippen molar-refractivity contribution in [2.24, 2.45) is 0 Å². The molecule has 4 heteroatoms. The molecule has 1 atom stereocenters. The Bertz CT molecular complexity index is 318. The first kappa shape index (κ1) is 12.4. The molecule has 0 fully saturated rings. The summed E-state index contributed by atoms with van der Waals surface area (Å²) in [6.45, 7) is 6.66. The number of rotatable bonds is 4. The molecule has 0 radical (unpaired) electrons. The van der Waals surface area contributed by atoms with Crippen LogP contribution in [0.1, 0.15) is 36.8 Å². The minimum Gasteiger partial charge on any atom is -0.384 e. The van der Waals surface area contributed by atoms with E-state index < -0.39 is 0 Å². The highest BCUT2D eigenvalue weighted by atomic mass is 35.5. The topological polar surface area (TPSA) is 35.0 Å². The van der Waals surface area contributed by atoms with Gasteiger partial charge in [0.05, 0.1) is 6.61 Å². The van der Waals surface area contributed by atoms with Crippen LogP contribution in [-0.4, -0.2) is 23.7 Å². The van der Waals surface area contributed by atoms with Crippen molar-refractivity contribution < 1.29 is 4.74 Å². The van der Waals surface area contributed by atoms with Crippen molar-refractivity contribution in [2.45, 2.75) is 33.1 Å². The van der Waals surface area contributed by atoms with Crippen LogP contribution >= 0.6 is 11.6 Å². The largest absolute Gasteiger partial charge is 0.384 e. The zero-order chi connectivity index (χ0) is 11.4. The van der Waals surface area contributed by atoms with E-state index in [2.05, 4.69) is 16.9 Å². The van der Waals surface area contributed by atoms with E-state index in [-0.39, 0.29) is 5.92 Å². The van der Waals surface area contributed by atoms with Crippen molar-refractivity contribution >= 4 is 11.6 Å². The van der Waals surface area contributed by atoms with Gasteiger partial charge in [0.15, 0.2) is 0 Å². The van der Waals surface area contributed by atoms with Crippen LogP contribution in [0.15, 0.2) is 0 Å². The fourth-order valence-electron chi connectivity index (χ4n) is 1.53. The fraction of sp³-hybridized carbons (Fsp3) is 0.636. The highest BCUT2D eigenvalue weighted by Crippen LogP contribution is 2.20. The third-order valence-corrected chi connectivity index (χ3v) is 2.70. The summed E-state index contributed by atoms with van der Waals surface area (Å²) in [7, 11) is 1.67. The highest BCUT2D eigenvalue weighted by Gasteiger charge is 2.13. The number of aromatic nitrogens is 2. The maximum atomic E-state index is 6.09. The van der Waals surface area contributed by atoms with E-state index in [9.17, 15) is 0 Å². The Balaban J connectivity index is 3.02. The summed E-state index contributed by atoms with van der Waals surface area (Å²) in [6, 6.07) is 0. The van der Waals surface area contributed by atoms with Crippen LogP contribution in [0.2, 0.25) is 5.15 Å². The van der Waals surface area contributed by atoms with Gasteiger partial charge in [-0.3, -0.25) is 0 Å². The third kappa shape index (κ3) is 2.89. The van der Waals surface area contributed by atoms with Crippen molar-refractivity contribution in [3.05, 3.63) is 22.2 Å². The van der Waals surface area contributed by atoms with E-state index in [4.69, 9.17) is 16.3 Å². The molecule has 84 valence electrons. The van der Waals surface area contributed by atoms with E-state index in [1.807, 2.05) is 13.8 Å². The van der Waals surface area contributed by atoms with Gasteiger partial charge in [-0.05, 0) is 13.3 Å². The highest BCUT2D eigenvalue weighted by molar-refractivity contribution is 6.30. The van der Waals surface area contributed by atoms with E-state index in [1.165, 1.54) is 0 Å². The molecule has 0 aromatic carbocycles. The van der Waals surface area contributed by atoms with Gasteiger partial charge in [0, 0.05) is 24.3 Å². The lowest BCUT2D eigenvalue weighted by atomic mass is 10.1. The minimum absolute atomic E-state index is 0.178. The standard InChI is InChI=1S/C11H17ClN2O/c1-5-9-8(3)13-11(14-10(9)12)7(2)6-15-4/h7H,5-6H2,1-4H3. The lowest BCUT2D eigenvalue weighted by molar-refractivity contribution is 0.181. The molecule has 1 heterocycles. The summed E-state index contributed by atoms with van der Waals surface area (Å²) in [4.78, 5) is 8.75. The quantitative estimate of drug-likeness (QED) is 0.744. The van der Waals surface area contributed by atoms with Crippen molar-refractivity contribution in [2.75, 3.05) is 13.7 Å². The molecule has 1 rings (SSSR count). The molecule has 0 aliphatic heterocycles. The second kappa shape index (κ2) is 5.42. The molecule has 0 bridgehead atoms. The first-order valence-electron chi connectivity index (χ1n) is 5.12. The molecule has 0 N–H and O–H groups in total. The second-order valence-corrected chi connectivity index (χ2v) is 4.00. The van der Waals surface area contributed by atoms with Crippen molar-refractivity contribution in [1.29, 1.82) is 0 Å². The number of halogens is 1. The van der Waals surface area contributed by atoms with E-state index >= 15 is 0 Å². The summed E-state index contributed by atoms with van der Waals surface area (Å²) in [5.41, 5.74) is 2.00. The third-order valence-electron chi connectivity index (χ3n) is 2.39. The molecule has 3 nitrogen and oxygen atoms in total. The average molecular weight is 229 g/mol. The second-order valence-electron chi connectivity index (χ2n) is 3.65. The Kier molecular flexibility index (Phi) is 4.48. The van der Waals surface area contributed by atoms with E-state index in [0.29, 0.717) is 11.8 Å². The molecule has 1 aromatic rings. The zero-order valence-corrected chi connectivity index (χ0v) is 10.4. The van der Waals surface area contributed by atoms with E-state index in [0.717, 1.165) is 23.5 Å². The lowest BCUT2D eigenvalue weighted by Gasteiger charge is -2.12. The first-order valence-corrected chi connectivity index (χ1v) is 5.49. The molecular weight excluding hydrogens is 212 g/mol. The molecule has 1 unspecified atom stereocenters. The Hall–Kier alpha value is -0.670. The van der Waals surface area contributed by atoms with Gasteiger partial charge in [-0.1, -0.05) is 25.4 Å². The Labute approximate surface area is 95.8 Å². The molecular formula is C11H17ClN2O. The van der Waals surface area contributed by atoms with Crippen LogP contribution in [0.4, 0.5) is 0 Å². The molecule has 0 amide bonds. The van der Waals surface area contributed by atoms with Crippen LogP contribution in [0.3, 0.4) is 0 Å². The molecule has 0 saturated heterocycles. The monoisotopic (exact) mass is 228 g/mol. The summed E-state index contributed by atoms with van der Waals surface area (Å²) in [5, 5.41) is 0.572. The van der Waals surface area contributed by atoms with Gasteiger partial charge >= 0.3 is 0 Å². The van der Waals surface area contributed by atoms with Crippen LogP contribution in [0, 0.1) is 6.92 Å². The number of methoxy groups -OCH3 is 1. The van der Waals surface area contributed by atoms with Gasteiger partial charge in [-0.25, -0.2) is 9.97 Å². The zero-order valence-electron chi connectivity index (χ0n) is 9.67. The molecule has 15 heavy (non-hydrogen) atoms. The Morgan fingerprint density at radius 3 is 2.53 bits per heavy atom. The van der Waals surface area contributed by atoms with Gasteiger partial charge < -0.3 is 4.74 Å². The molecule has 0 spiro atoms. The smallest absolute Gasteiger partial charge is 0.136 e. The first-order chi connectivity index (χ1) is 7.10. The number of hydrogen-bond acceptors (Lipinski definition) is 3. The van der Waals surface area contributed by atoms with Crippen LogP contribution < -0.4 is 0 Å². The normalized spacial score (nSPS) is 12.9. The summed E-state index contributed by atoms with van der Waals surface area (Å²) in [5.74, 6) is 0.939. The van der Waals surface area contributed by atoms with Gasteiger partial charge in [-0.2, -0.15) is 0 Å². The Morgan fingerprint density at radius 2 is 2.07 bits per heavy atom. The fourth-order valence-corrected chi connectivity index (χ4v) is 1.89. The molecule has 0 aliphatic carbocycles. The van der Waals surface area contributed by atoms with Gasteiger partial charge in [0.2, 0.25) is 0 Å². The molecule has 1 aromatic heterocycles. The number of nitrogens with zero attached hydrogens (tertiary/aromatic N) is 2. The lowest BCUT2D eigenvalue weighted by Crippen LogP contribution is -2.09. The van der Waals surface area contributed by atoms with Gasteiger partial charge in [0.25, 0.3) is 0 Å². The predicted octanol–water partition coefficient (Wildman–Crippen LogP) is 2.75. The molecule has 0 saturated carbocycles. The number of hydrogen-bond donors (Lipinski definition) is 0. The van der Waals surface area contributed by atoms with Crippen LogP contribution in [0.5, 0.6) is 0 Å². The molecule has 0 aliphatic rings. The Morgan fingerprint density at radius 1 is 1.40 bits per heavy atom. The van der Waals surface area contributed by atoms with Gasteiger partial charge in [0.1, 0.15) is 11.0 Å². The average Bonchev–Trinajstić information content (AvgIpc) is 2.17. The number of ether oxygens (including phenoxy) is 1. The van der Waals surface area contributed by atoms with Crippen LogP contribution in [-0.2, 0) is 11.2 Å². The maximum absolute atomic E-state index is 6.09. The number of aryl methyl sites for hydroxylation is 1. The predicted molar refractivity (Wildman–Crippen MR) is 61.4 cm³/mol. The SMILES string of the molecule is CCc1c(C)nc(C(C)COC)nc1Cl. The van der Waals surface area contributed by atoms with Crippen molar-refractivity contribution in [3.63, 3.8) is 0 Å². The maximum Gasteiger partial charge on any atom is 0.136 e. The summed E-state index contributed by atoms with van der Waals surface area (Å²) < 4.78 is 5.07. The minimum atomic E-state index is 0.178. The summed E-state index contributed by atoms with van der Waals surface area (Å²) in [6.07, 6.45) is 0.865. The van der Waals surface area contributed by atoms with Crippen molar-refractivity contribution in [3.8, 4) is 0 Å². The van der Waals surface area contributed by atoms with Gasteiger partial charge in [-0.15, -0.1) is 0 Å². The van der Waals surface area contributed by atoms with E-state index in [1.54, 1.807) is 7.11 Å². The van der Waals surface area contributed by atoms with Crippen LogP contribution in [0.25, 0.3) is 0 Å². The van der Waals surface area contributed by atoms with Crippen molar-refractivity contribution in [1.82, 2.24) is 9.97 Å². The summed E-state index contributed by atoms with van der Waals surface area (Å²) >= 11 is 6.09.